The summed E-state index contributed by atoms with van der Waals surface area (Å²) >= 11 is 0. The van der Waals surface area contributed by atoms with E-state index in [0.717, 1.165) is 28.7 Å². The summed E-state index contributed by atoms with van der Waals surface area (Å²) < 4.78 is 5.39. The van der Waals surface area contributed by atoms with E-state index in [2.05, 4.69) is 17.4 Å². The van der Waals surface area contributed by atoms with Gasteiger partial charge < -0.3 is 20.9 Å². The second-order valence-electron chi connectivity index (χ2n) is 6.65. The van der Waals surface area contributed by atoms with Gasteiger partial charge in [0.15, 0.2) is 0 Å². The summed E-state index contributed by atoms with van der Waals surface area (Å²) in [4.78, 5) is 23.5. The van der Waals surface area contributed by atoms with Crippen molar-refractivity contribution in [2.45, 2.75) is 31.2 Å². The third-order valence-corrected chi connectivity index (χ3v) is 4.88. The van der Waals surface area contributed by atoms with Gasteiger partial charge in [-0.25, -0.2) is 9.59 Å². The standard InChI is InChI=1S/C21H24N2O4/c22-12-6-5-11-19(20(24)25)23-21(26)27-13-18-16-9-3-1-7-14(16)15-8-2-4-10-17(15)18/h1-4,7-10,18-19H,5-6,11-13,22H2,(H,23,26)(H,24,25)/t19-/m0/s1/i5+1,6+1,11+1,12+1,19+1,20+1. The van der Waals surface area contributed by atoms with Gasteiger partial charge in [-0.2, -0.15) is 0 Å². The number of amides is 1. The monoisotopic (exact) mass is 374 g/mol. The molecule has 27 heavy (non-hydrogen) atoms. The van der Waals surface area contributed by atoms with Crippen LogP contribution in [-0.4, -0.2) is 36.4 Å². The van der Waals surface area contributed by atoms with Crippen LogP contribution in [0, 0.1) is 0 Å². The van der Waals surface area contributed by atoms with Crippen LogP contribution in [0.5, 0.6) is 0 Å². The molecule has 0 fully saturated rings. The molecular formula is C21H24N2O4. The number of hydrogen-bond acceptors (Lipinski definition) is 4. The Kier molecular flexibility index (Phi) is 6.08. The summed E-state index contributed by atoms with van der Waals surface area (Å²) in [6.45, 7) is 0.659. The maximum Gasteiger partial charge on any atom is 0.407 e. The normalized spacial score (nSPS) is 13.5. The number of carbonyl (C=O) groups is 2. The van der Waals surface area contributed by atoms with Crippen molar-refractivity contribution in [3.63, 3.8) is 0 Å². The summed E-state index contributed by atoms with van der Waals surface area (Å²) in [7, 11) is 0. The van der Waals surface area contributed by atoms with Crippen LogP contribution >= 0.6 is 0 Å². The van der Waals surface area contributed by atoms with Crippen molar-refractivity contribution in [1.29, 1.82) is 0 Å². The van der Waals surface area contributed by atoms with Gasteiger partial charge in [0.25, 0.3) is 0 Å². The van der Waals surface area contributed by atoms with Crippen molar-refractivity contribution in [1.82, 2.24) is 5.32 Å². The van der Waals surface area contributed by atoms with Gasteiger partial charge in [0.2, 0.25) is 0 Å². The van der Waals surface area contributed by atoms with E-state index < -0.39 is 18.1 Å². The molecule has 6 heteroatoms. The highest BCUT2D eigenvalue weighted by Crippen LogP contribution is 2.44. The number of hydrogen-bond donors (Lipinski definition) is 3. The van der Waals surface area contributed by atoms with Gasteiger partial charge in [0.1, 0.15) is 12.6 Å². The zero-order valence-electron chi connectivity index (χ0n) is 15.1. The molecule has 0 aromatic heterocycles. The lowest BCUT2D eigenvalue weighted by Gasteiger charge is -2.17. The molecule has 0 aliphatic heterocycles. The Morgan fingerprint density at radius 1 is 1.04 bits per heavy atom. The molecule has 0 heterocycles. The zero-order chi connectivity index (χ0) is 19.2. The smallest absolute Gasteiger partial charge is 0.407 e. The van der Waals surface area contributed by atoms with Crippen LogP contribution in [0.1, 0.15) is 36.3 Å². The lowest BCUT2D eigenvalue weighted by atomic mass is 9.98. The van der Waals surface area contributed by atoms with E-state index in [9.17, 15) is 14.7 Å². The first kappa shape index (κ1) is 18.9. The van der Waals surface area contributed by atoms with E-state index in [1.165, 1.54) is 0 Å². The minimum atomic E-state index is -1.07. The predicted molar refractivity (Wildman–Crippen MR) is 103 cm³/mol. The number of carboxylic acid groups (broad SMARTS) is 1. The zero-order valence-corrected chi connectivity index (χ0v) is 15.1. The van der Waals surface area contributed by atoms with Gasteiger partial charge >= 0.3 is 12.1 Å². The largest absolute Gasteiger partial charge is 0.480 e. The SMILES string of the molecule is N[13CH2][13CH2][13CH2][13CH2][13C@H](NC(=O)OCC1c2ccccc2-c2ccccc21)[13C](=O)O. The number of aliphatic carboxylic acids is 1. The molecule has 0 bridgehead atoms. The maximum atomic E-state index is 12.1. The van der Waals surface area contributed by atoms with Crippen LogP contribution in [0.4, 0.5) is 4.79 Å². The van der Waals surface area contributed by atoms with Crippen LogP contribution in [0.15, 0.2) is 48.5 Å². The number of rotatable bonds is 8. The van der Waals surface area contributed by atoms with Crippen LogP contribution in [0.3, 0.4) is 0 Å². The summed E-state index contributed by atoms with van der Waals surface area (Å²) in [6, 6.07) is 15.1. The molecule has 0 spiro atoms. The van der Waals surface area contributed by atoms with E-state index >= 15 is 0 Å². The van der Waals surface area contributed by atoms with Gasteiger partial charge in [-0.3, -0.25) is 0 Å². The quantitative estimate of drug-likeness (QED) is 0.487. The van der Waals surface area contributed by atoms with Gasteiger partial charge in [0, 0.05) is 5.92 Å². The summed E-state index contributed by atoms with van der Waals surface area (Å²) in [5.74, 6) is -1.12. The van der Waals surface area contributed by atoms with Crippen LogP contribution in [0.2, 0.25) is 0 Å². The molecule has 1 atom stereocenters. The summed E-state index contributed by atoms with van der Waals surface area (Å²) in [6.07, 6.45) is 0.973. The van der Waals surface area contributed by atoms with Crippen molar-refractivity contribution >= 4 is 12.1 Å². The van der Waals surface area contributed by atoms with Crippen molar-refractivity contribution < 1.29 is 19.4 Å². The first-order chi connectivity index (χ1) is 13.1. The van der Waals surface area contributed by atoms with Gasteiger partial charge in [0.05, 0.1) is 0 Å². The van der Waals surface area contributed by atoms with Crippen molar-refractivity contribution in [2.75, 3.05) is 13.2 Å². The van der Waals surface area contributed by atoms with Crippen molar-refractivity contribution in [3.05, 3.63) is 59.7 Å². The number of fused-ring (bicyclic) bond motifs is 3. The van der Waals surface area contributed by atoms with Crippen LogP contribution < -0.4 is 11.1 Å². The fourth-order valence-electron chi connectivity index (χ4n) is 3.53. The molecule has 1 aliphatic carbocycles. The Balaban J connectivity index is 1.64. The molecule has 2 aromatic carbocycles. The first-order valence-corrected chi connectivity index (χ1v) is 9.16. The minimum Gasteiger partial charge on any atom is -0.480 e. The number of alkyl carbamates (subject to hydrolysis) is 1. The number of unbranched alkanes of at least 4 members (excludes halogenated alkanes) is 1. The Morgan fingerprint density at radius 2 is 1.63 bits per heavy atom. The Labute approximate surface area is 158 Å². The molecule has 4 N–H and O–H groups in total. The van der Waals surface area contributed by atoms with E-state index in [1.54, 1.807) is 0 Å². The number of carbonyl (C=O) groups excluding carboxylic acids is 1. The molecule has 2 aromatic rings. The first-order valence-electron chi connectivity index (χ1n) is 9.16. The lowest BCUT2D eigenvalue weighted by Crippen LogP contribution is -2.41. The Hall–Kier alpha value is -2.86. The third kappa shape index (κ3) is 4.28. The van der Waals surface area contributed by atoms with Gasteiger partial charge in [-0.05, 0) is 48.1 Å². The Bertz CT molecular complexity index is 776. The Morgan fingerprint density at radius 3 is 2.19 bits per heavy atom. The minimum absolute atomic E-state index is 0.0522. The molecule has 6 nitrogen and oxygen atoms in total. The molecule has 0 saturated heterocycles. The second kappa shape index (κ2) is 8.68. The lowest BCUT2D eigenvalue weighted by molar-refractivity contribution is -0.139. The maximum absolute atomic E-state index is 12.1. The third-order valence-electron chi connectivity index (χ3n) is 4.88. The fourth-order valence-corrected chi connectivity index (χ4v) is 3.53. The van der Waals surface area contributed by atoms with E-state index in [-0.39, 0.29) is 12.5 Å². The second-order valence-corrected chi connectivity index (χ2v) is 6.65. The molecule has 0 radical (unpaired) electrons. The summed E-state index contributed by atoms with van der Waals surface area (Å²) in [5.41, 5.74) is 9.95. The number of nitrogens with two attached hydrogens (primary N) is 1. The highest BCUT2D eigenvalue weighted by Gasteiger charge is 2.29. The van der Waals surface area contributed by atoms with Gasteiger partial charge in [-0.15, -0.1) is 0 Å². The predicted octanol–water partition coefficient (Wildman–Crippen LogP) is 3.11. The van der Waals surface area contributed by atoms with Crippen LogP contribution in [-0.2, 0) is 9.53 Å². The van der Waals surface area contributed by atoms with Crippen molar-refractivity contribution in [3.8, 4) is 11.1 Å². The average Bonchev–Trinajstić information content (AvgIpc) is 2.99. The van der Waals surface area contributed by atoms with E-state index in [1.807, 2.05) is 36.4 Å². The topological polar surface area (TPSA) is 102 Å². The van der Waals surface area contributed by atoms with E-state index in [0.29, 0.717) is 19.4 Å². The molecule has 3 rings (SSSR count). The summed E-state index contributed by atoms with van der Waals surface area (Å²) in [5, 5.41) is 11.7. The molecule has 142 valence electrons. The van der Waals surface area contributed by atoms with E-state index in [4.69, 9.17) is 10.5 Å². The number of carboxylic acids is 1. The average molecular weight is 374 g/mol. The number of benzene rings is 2. The number of nitrogens with one attached hydrogen (secondary N) is 1. The molecule has 1 amide bonds. The van der Waals surface area contributed by atoms with Crippen molar-refractivity contribution in [2.24, 2.45) is 5.73 Å². The van der Waals surface area contributed by atoms with Crippen LogP contribution in [0.25, 0.3) is 11.1 Å². The number of ether oxygens (including phenoxy) is 1. The fraction of sp³-hybridized carbons (Fsp3) is 0.333. The highest BCUT2D eigenvalue weighted by atomic mass is 16.6. The molecular weight excluding hydrogens is 350 g/mol. The molecule has 0 saturated carbocycles. The molecule has 1 aliphatic rings. The molecule has 0 unspecified atom stereocenters. The van der Waals surface area contributed by atoms with Gasteiger partial charge in [-0.1, -0.05) is 48.5 Å². The highest BCUT2D eigenvalue weighted by molar-refractivity contribution is 5.81.